The summed E-state index contributed by atoms with van der Waals surface area (Å²) in [4.78, 5) is 35.2. The van der Waals surface area contributed by atoms with E-state index < -0.39 is 6.29 Å². The molecule has 2 fully saturated rings. The molecule has 1 unspecified atom stereocenters. The molecule has 10 nitrogen and oxygen atoms in total. The van der Waals surface area contributed by atoms with Crippen molar-refractivity contribution in [1.82, 2.24) is 0 Å². The van der Waals surface area contributed by atoms with Crippen molar-refractivity contribution in [2.75, 3.05) is 26.4 Å². The Morgan fingerprint density at radius 1 is 0.562 bits per heavy atom. The lowest BCUT2D eigenvalue weighted by atomic mass is 9.77. The molecule has 3 aromatic carbocycles. The van der Waals surface area contributed by atoms with Gasteiger partial charge in [-0.1, -0.05) is 49.6 Å². The topological polar surface area (TPSA) is 127 Å². The molecule has 64 heavy (non-hydrogen) atoms. The molecule has 2 aliphatic rings. The van der Waals surface area contributed by atoms with Gasteiger partial charge in [-0.3, -0.25) is 4.79 Å². The van der Waals surface area contributed by atoms with Crippen LogP contribution in [0.5, 0.6) is 23.0 Å². The van der Waals surface area contributed by atoms with Gasteiger partial charge in [0.1, 0.15) is 11.5 Å². The molecule has 2 saturated carbocycles. The molecule has 2 aliphatic carbocycles. The van der Waals surface area contributed by atoms with Gasteiger partial charge in [-0.25, -0.2) is 9.59 Å². The highest BCUT2D eigenvalue weighted by Gasteiger charge is 2.25. The van der Waals surface area contributed by atoms with Crippen LogP contribution in [0.3, 0.4) is 0 Å². The predicted octanol–water partition coefficient (Wildman–Crippen LogP) is 12.1. The first kappa shape index (κ1) is 49.9. The number of benzene rings is 3. The lowest BCUT2D eigenvalue weighted by Crippen LogP contribution is -2.20. The van der Waals surface area contributed by atoms with Gasteiger partial charge in [0.2, 0.25) is 0 Å². The maximum Gasteiger partial charge on any atom is 0.330 e. The van der Waals surface area contributed by atoms with E-state index in [9.17, 15) is 19.5 Å². The van der Waals surface area contributed by atoms with Crippen LogP contribution in [-0.4, -0.2) is 55.7 Å². The molecular formula is C54H72O10. The van der Waals surface area contributed by atoms with Gasteiger partial charge in [-0.05, 0) is 187 Å². The van der Waals surface area contributed by atoms with E-state index in [0.717, 1.165) is 127 Å². The summed E-state index contributed by atoms with van der Waals surface area (Å²) in [6, 6.07) is 24.2. The molecule has 5 rings (SSSR count). The Labute approximate surface area is 381 Å². The fourth-order valence-corrected chi connectivity index (χ4v) is 8.91. The highest BCUT2D eigenvalue weighted by molar-refractivity contribution is 5.81. The zero-order chi connectivity index (χ0) is 45.2. The molecule has 0 amide bonds. The zero-order valence-corrected chi connectivity index (χ0v) is 38.0. The molecule has 0 bridgehead atoms. The van der Waals surface area contributed by atoms with Gasteiger partial charge in [0.25, 0.3) is 0 Å². The van der Waals surface area contributed by atoms with Gasteiger partial charge in [0, 0.05) is 25.0 Å². The Morgan fingerprint density at radius 3 is 1.47 bits per heavy atom. The van der Waals surface area contributed by atoms with Crippen LogP contribution in [0, 0.1) is 11.8 Å². The molecule has 0 radical (unpaired) electrons. The lowest BCUT2D eigenvalue weighted by Gasteiger charge is -2.29. The first-order chi connectivity index (χ1) is 31.3. The largest absolute Gasteiger partial charge is 0.494 e. The fraction of sp³-hybridized carbons (Fsp3) is 0.537. The third kappa shape index (κ3) is 18.6. The van der Waals surface area contributed by atoms with E-state index in [4.69, 9.17) is 28.4 Å². The summed E-state index contributed by atoms with van der Waals surface area (Å²) in [5, 5.41) is 10.9. The van der Waals surface area contributed by atoms with Crippen LogP contribution in [0.4, 0.5) is 0 Å². The normalized spacial score (nSPS) is 18.8. The van der Waals surface area contributed by atoms with Crippen LogP contribution in [0.2, 0.25) is 0 Å². The quantitative estimate of drug-likeness (QED) is 0.0237. The van der Waals surface area contributed by atoms with Gasteiger partial charge in [-0.2, -0.15) is 0 Å². The van der Waals surface area contributed by atoms with Gasteiger partial charge in [0.05, 0.1) is 26.4 Å². The smallest absolute Gasteiger partial charge is 0.330 e. The van der Waals surface area contributed by atoms with Crippen molar-refractivity contribution in [1.29, 1.82) is 0 Å². The molecule has 1 atom stereocenters. The second-order valence-corrected chi connectivity index (χ2v) is 17.5. The summed E-state index contributed by atoms with van der Waals surface area (Å²) >= 11 is 0. The summed E-state index contributed by atoms with van der Waals surface area (Å²) in [6.45, 7) is 9.02. The van der Waals surface area contributed by atoms with Gasteiger partial charge < -0.3 is 33.5 Å². The monoisotopic (exact) mass is 881 g/mol. The Bertz CT molecular complexity index is 1820. The summed E-state index contributed by atoms with van der Waals surface area (Å²) in [5.41, 5.74) is 2.70. The number of carbonyl (C=O) groups is 3. The van der Waals surface area contributed by atoms with E-state index in [2.05, 4.69) is 61.7 Å². The van der Waals surface area contributed by atoms with Gasteiger partial charge in [-0.15, -0.1) is 0 Å². The number of esters is 3. The van der Waals surface area contributed by atoms with Crippen LogP contribution in [-0.2, 0) is 23.9 Å². The average Bonchev–Trinajstić information content (AvgIpc) is 3.33. The predicted molar refractivity (Wildman–Crippen MR) is 250 cm³/mol. The molecule has 0 spiro atoms. The number of hydrogen-bond acceptors (Lipinski definition) is 10. The first-order valence-electron chi connectivity index (χ1n) is 24.0. The number of unbranched alkanes of at least 4 members (excludes halogenated alkanes) is 6. The summed E-state index contributed by atoms with van der Waals surface area (Å²) in [5.74, 6) is 3.60. The molecule has 1 N–H and O–H groups in total. The van der Waals surface area contributed by atoms with Crippen molar-refractivity contribution in [2.45, 2.75) is 147 Å². The van der Waals surface area contributed by atoms with Crippen molar-refractivity contribution in [3.8, 4) is 23.0 Å². The maximum atomic E-state index is 13.0. The standard InChI is InChI=1S/C54H72O10/c1-3-51(55)61-39-13-7-5-11-37-59-47-31-27-45(28-32-47)43-23-17-41(18-24-43)21-35-53(57)63-49-15-9-10-16-50(49)64-54(58)36-22-42-19-25-44(26-20-42)46-29-33-48(34-30-46)60-38-12-6-8-14-40-62-52(56)4-2/h3-4,9-10,15-16,27-34,41-44,53,57H,1-2,5-8,11-14,17-26,35-40H2. The molecule has 0 aliphatic heterocycles. The fourth-order valence-electron chi connectivity index (χ4n) is 8.91. The Morgan fingerprint density at radius 2 is 1.00 bits per heavy atom. The molecular weight excluding hydrogens is 809 g/mol. The van der Waals surface area contributed by atoms with Crippen molar-refractivity contribution < 1.29 is 47.9 Å². The second-order valence-electron chi connectivity index (χ2n) is 17.5. The minimum Gasteiger partial charge on any atom is -0.494 e. The van der Waals surface area contributed by atoms with Crippen LogP contribution >= 0.6 is 0 Å². The molecule has 348 valence electrons. The van der Waals surface area contributed by atoms with Crippen LogP contribution in [0.1, 0.15) is 151 Å². The van der Waals surface area contributed by atoms with Crippen LogP contribution < -0.4 is 18.9 Å². The minimum absolute atomic E-state index is 0.273. The van der Waals surface area contributed by atoms with Crippen molar-refractivity contribution in [2.24, 2.45) is 11.8 Å². The maximum absolute atomic E-state index is 13.0. The van der Waals surface area contributed by atoms with Crippen molar-refractivity contribution in [3.05, 3.63) is 109 Å². The molecule has 3 aromatic rings. The summed E-state index contributed by atoms with van der Waals surface area (Å²) in [7, 11) is 0. The minimum atomic E-state index is -0.976. The first-order valence-corrected chi connectivity index (χ1v) is 24.0. The third-order valence-electron chi connectivity index (χ3n) is 12.7. The van der Waals surface area contributed by atoms with E-state index in [1.807, 2.05) is 12.1 Å². The number of ether oxygens (including phenoxy) is 6. The number of carbonyl (C=O) groups excluding carboxylic acids is 3. The highest BCUT2D eigenvalue weighted by Crippen LogP contribution is 2.40. The van der Waals surface area contributed by atoms with Gasteiger partial charge in [0.15, 0.2) is 17.8 Å². The molecule has 10 heteroatoms. The zero-order valence-electron chi connectivity index (χ0n) is 38.0. The highest BCUT2D eigenvalue weighted by atomic mass is 16.6. The Balaban J connectivity index is 0.906. The number of para-hydroxylation sites is 2. The van der Waals surface area contributed by atoms with E-state index in [1.54, 1.807) is 12.1 Å². The van der Waals surface area contributed by atoms with Gasteiger partial charge >= 0.3 is 17.9 Å². The van der Waals surface area contributed by atoms with E-state index in [-0.39, 0.29) is 17.9 Å². The molecule has 0 aromatic heterocycles. The Kier molecular flexibility index (Phi) is 22.3. The van der Waals surface area contributed by atoms with E-state index in [0.29, 0.717) is 74.4 Å². The second kappa shape index (κ2) is 28.7. The third-order valence-corrected chi connectivity index (χ3v) is 12.7. The molecule has 0 saturated heterocycles. The van der Waals surface area contributed by atoms with Crippen LogP contribution in [0.15, 0.2) is 98.1 Å². The van der Waals surface area contributed by atoms with Crippen molar-refractivity contribution >= 4 is 17.9 Å². The van der Waals surface area contributed by atoms with E-state index >= 15 is 0 Å². The summed E-state index contributed by atoms with van der Waals surface area (Å²) < 4.78 is 33.6. The number of rotatable bonds is 29. The lowest BCUT2D eigenvalue weighted by molar-refractivity contribution is -0.138. The number of hydrogen-bond donors (Lipinski definition) is 1. The van der Waals surface area contributed by atoms with Crippen LogP contribution in [0.25, 0.3) is 0 Å². The van der Waals surface area contributed by atoms with E-state index in [1.165, 1.54) is 23.3 Å². The SMILES string of the molecule is C=CC(=O)OCCCCCCOc1ccc(C2CCC(CCC(=O)Oc3ccccc3OC(O)CCC3CCC(c4ccc(OCCCCCCOC(=O)C=C)cc4)CC3)CC2)cc1. The summed E-state index contributed by atoms with van der Waals surface area (Å²) in [6.07, 6.45) is 20.5. The average molecular weight is 881 g/mol. The number of aliphatic hydroxyl groups is 1. The Hall–Kier alpha value is -5.09. The number of aliphatic hydroxyl groups excluding tert-OH is 1. The van der Waals surface area contributed by atoms with Crippen molar-refractivity contribution in [3.63, 3.8) is 0 Å². The molecule has 0 heterocycles.